The van der Waals surface area contributed by atoms with E-state index in [1.54, 1.807) is 6.07 Å². The van der Waals surface area contributed by atoms with Crippen molar-refractivity contribution in [2.45, 2.75) is 38.8 Å². The molecule has 1 fully saturated rings. The fourth-order valence-corrected chi connectivity index (χ4v) is 2.85. The zero-order valence-corrected chi connectivity index (χ0v) is 13.1. The van der Waals surface area contributed by atoms with Crippen molar-refractivity contribution in [1.29, 1.82) is 0 Å². The lowest BCUT2D eigenvalue weighted by atomic mass is 10.1. The van der Waals surface area contributed by atoms with Gasteiger partial charge in [0.1, 0.15) is 0 Å². The van der Waals surface area contributed by atoms with Crippen LogP contribution in [0.15, 0.2) is 24.3 Å². The molecule has 21 heavy (non-hydrogen) atoms. The van der Waals surface area contributed by atoms with E-state index in [0.717, 1.165) is 26.2 Å². The van der Waals surface area contributed by atoms with Crippen LogP contribution < -0.4 is 5.32 Å². The van der Waals surface area contributed by atoms with Crippen LogP contribution in [0.25, 0.3) is 0 Å². The monoisotopic (exact) mass is 290 g/mol. The van der Waals surface area contributed by atoms with E-state index in [9.17, 15) is 4.79 Å². The van der Waals surface area contributed by atoms with E-state index in [2.05, 4.69) is 23.2 Å². The molecule has 0 radical (unpaired) electrons. The third-order valence-corrected chi connectivity index (χ3v) is 4.00. The number of carbonyl (C=O) groups is 1. The minimum atomic E-state index is -0.266. The lowest BCUT2D eigenvalue weighted by Crippen LogP contribution is -2.50. The summed E-state index contributed by atoms with van der Waals surface area (Å²) in [6, 6.07) is 8.35. The van der Waals surface area contributed by atoms with E-state index < -0.39 is 0 Å². The highest BCUT2D eigenvalue weighted by molar-refractivity contribution is 5.89. The third kappa shape index (κ3) is 4.83. The van der Waals surface area contributed by atoms with Crippen molar-refractivity contribution >= 4 is 5.97 Å². The number of rotatable bonds is 6. The summed E-state index contributed by atoms with van der Waals surface area (Å²) >= 11 is 0. The molecular weight excluding hydrogens is 264 g/mol. The van der Waals surface area contributed by atoms with Crippen molar-refractivity contribution in [3.05, 3.63) is 35.4 Å². The van der Waals surface area contributed by atoms with Gasteiger partial charge < -0.3 is 10.1 Å². The largest absolute Gasteiger partial charge is 0.465 e. The van der Waals surface area contributed by atoms with Gasteiger partial charge in [0.2, 0.25) is 0 Å². The molecule has 0 saturated carbocycles. The number of hydrogen-bond donors (Lipinski definition) is 1. The lowest BCUT2D eigenvalue weighted by molar-refractivity contribution is 0.0600. The SMILES string of the molecule is CCCC[C@H]1CN(Cc2cccc(C(=O)OC)c2)CCN1. The molecule has 1 heterocycles. The van der Waals surface area contributed by atoms with Gasteiger partial charge in [0.25, 0.3) is 0 Å². The molecule has 1 N–H and O–H groups in total. The maximum absolute atomic E-state index is 11.6. The Morgan fingerprint density at radius 2 is 2.33 bits per heavy atom. The molecule has 0 spiro atoms. The third-order valence-electron chi connectivity index (χ3n) is 4.00. The van der Waals surface area contributed by atoms with E-state index in [-0.39, 0.29) is 5.97 Å². The minimum absolute atomic E-state index is 0.266. The predicted octanol–water partition coefficient (Wildman–Crippen LogP) is 2.44. The number of carbonyl (C=O) groups excluding carboxylic acids is 1. The Kier molecular flexibility index (Phi) is 6.21. The number of benzene rings is 1. The first-order valence-corrected chi connectivity index (χ1v) is 7.86. The predicted molar refractivity (Wildman–Crippen MR) is 84.4 cm³/mol. The Morgan fingerprint density at radius 3 is 3.10 bits per heavy atom. The molecule has 0 unspecified atom stereocenters. The maximum Gasteiger partial charge on any atom is 0.337 e. The molecular formula is C17H26N2O2. The van der Waals surface area contributed by atoms with Gasteiger partial charge in [-0.05, 0) is 24.1 Å². The standard InChI is InChI=1S/C17H26N2O2/c1-3-4-8-16-13-19(10-9-18-16)12-14-6-5-7-15(11-14)17(20)21-2/h5-7,11,16,18H,3-4,8-10,12-13H2,1-2H3/t16-/m0/s1. The van der Waals surface area contributed by atoms with Crippen LogP contribution in [0.1, 0.15) is 42.1 Å². The number of hydrogen-bond acceptors (Lipinski definition) is 4. The fourth-order valence-electron chi connectivity index (χ4n) is 2.85. The maximum atomic E-state index is 11.6. The second kappa shape index (κ2) is 8.15. The van der Waals surface area contributed by atoms with Crippen LogP contribution in [0, 0.1) is 0 Å². The smallest absolute Gasteiger partial charge is 0.337 e. The van der Waals surface area contributed by atoms with Gasteiger partial charge in [-0.2, -0.15) is 0 Å². The summed E-state index contributed by atoms with van der Waals surface area (Å²) in [6.07, 6.45) is 3.78. The van der Waals surface area contributed by atoms with Crippen molar-refractivity contribution < 1.29 is 9.53 Å². The normalized spacial score (nSPS) is 19.4. The summed E-state index contributed by atoms with van der Waals surface area (Å²) in [6.45, 7) is 6.33. The number of nitrogens with zero attached hydrogens (tertiary/aromatic N) is 1. The second-order valence-corrected chi connectivity index (χ2v) is 5.72. The molecule has 1 atom stereocenters. The van der Waals surface area contributed by atoms with Crippen molar-refractivity contribution in [2.24, 2.45) is 0 Å². The Hall–Kier alpha value is -1.39. The van der Waals surface area contributed by atoms with Crippen molar-refractivity contribution in [1.82, 2.24) is 10.2 Å². The number of piperazine rings is 1. The van der Waals surface area contributed by atoms with Crippen LogP contribution in [0.4, 0.5) is 0 Å². The highest BCUT2D eigenvalue weighted by Gasteiger charge is 2.19. The van der Waals surface area contributed by atoms with Crippen molar-refractivity contribution in [3.63, 3.8) is 0 Å². The average Bonchev–Trinajstić information content (AvgIpc) is 2.53. The number of ether oxygens (including phenoxy) is 1. The number of unbranched alkanes of at least 4 members (excludes halogenated alkanes) is 1. The lowest BCUT2D eigenvalue weighted by Gasteiger charge is -2.33. The summed E-state index contributed by atoms with van der Waals surface area (Å²) in [5, 5.41) is 3.59. The second-order valence-electron chi connectivity index (χ2n) is 5.72. The summed E-state index contributed by atoms with van der Waals surface area (Å²) in [5.74, 6) is -0.266. The van der Waals surface area contributed by atoms with Gasteiger partial charge in [-0.25, -0.2) is 4.79 Å². The Labute approximate surface area is 127 Å². The molecule has 4 nitrogen and oxygen atoms in total. The van der Waals surface area contributed by atoms with E-state index >= 15 is 0 Å². The fraction of sp³-hybridized carbons (Fsp3) is 0.588. The van der Waals surface area contributed by atoms with Gasteiger partial charge in [0.15, 0.2) is 0 Å². The van der Waals surface area contributed by atoms with Crippen molar-refractivity contribution in [3.8, 4) is 0 Å². The van der Waals surface area contributed by atoms with Crippen LogP contribution in [-0.2, 0) is 11.3 Å². The number of esters is 1. The Bertz CT molecular complexity index is 462. The minimum Gasteiger partial charge on any atom is -0.465 e. The summed E-state index contributed by atoms with van der Waals surface area (Å²) in [5.41, 5.74) is 1.81. The first-order chi connectivity index (χ1) is 10.2. The zero-order chi connectivity index (χ0) is 15.1. The van der Waals surface area contributed by atoms with Gasteiger partial charge in [0, 0.05) is 32.2 Å². The zero-order valence-electron chi connectivity index (χ0n) is 13.1. The van der Waals surface area contributed by atoms with E-state index in [1.165, 1.54) is 31.9 Å². The molecule has 0 bridgehead atoms. The molecule has 1 aliphatic heterocycles. The van der Waals surface area contributed by atoms with Gasteiger partial charge in [-0.1, -0.05) is 31.9 Å². The van der Waals surface area contributed by atoms with E-state index in [1.807, 2.05) is 12.1 Å². The molecule has 1 aromatic carbocycles. The quantitative estimate of drug-likeness (QED) is 0.817. The summed E-state index contributed by atoms with van der Waals surface area (Å²) < 4.78 is 4.78. The summed E-state index contributed by atoms with van der Waals surface area (Å²) in [7, 11) is 1.42. The van der Waals surface area contributed by atoms with E-state index in [0.29, 0.717) is 11.6 Å². The van der Waals surface area contributed by atoms with Crippen LogP contribution in [-0.4, -0.2) is 43.7 Å². The highest BCUT2D eigenvalue weighted by atomic mass is 16.5. The van der Waals surface area contributed by atoms with Crippen molar-refractivity contribution in [2.75, 3.05) is 26.7 Å². The number of nitrogens with one attached hydrogen (secondary N) is 1. The highest BCUT2D eigenvalue weighted by Crippen LogP contribution is 2.13. The van der Waals surface area contributed by atoms with Gasteiger partial charge in [-0.3, -0.25) is 4.90 Å². The van der Waals surface area contributed by atoms with E-state index in [4.69, 9.17) is 4.74 Å². The average molecular weight is 290 g/mol. The van der Waals surface area contributed by atoms with Crippen LogP contribution >= 0.6 is 0 Å². The van der Waals surface area contributed by atoms with Gasteiger partial charge in [0.05, 0.1) is 12.7 Å². The molecule has 4 heteroatoms. The molecule has 2 rings (SSSR count). The van der Waals surface area contributed by atoms with Gasteiger partial charge in [-0.15, -0.1) is 0 Å². The molecule has 0 amide bonds. The Balaban J connectivity index is 1.93. The van der Waals surface area contributed by atoms with Crippen LogP contribution in [0.2, 0.25) is 0 Å². The molecule has 1 aliphatic rings. The van der Waals surface area contributed by atoms with Crippen LogP contribution in [0.5, 0.6) is 0 Å². The molecule has 0 aliphatic carbocycles. The first kappa shape index (κ1) is 16.0. The first-order valence-electron chi connectivity index (χ1n) is 7.86. The topological polar surface area (TPSA) is 41.6 Å². The van der Waals surface area contributed by atoms with Crippen LogP contribution in [0.3, 0.4) is 0 Å². The number of methoxy groups -OCH3 is 1. The van der Waals surface area contributed by atoms with Gasteiger partial charge >= 0.3 is 5.97 Å². The molecule has 0 aromatic heterocycles. The molecule has 1 saturated heterocycles. The summed E-state index contributed by atoms with van der Waals surface area (Å²) in [4.78, 5) is 14.0. The Morgan fingerprint density at radius 1 is 1.48 bits per heavy atom. The molecule has 116 valence electrons. The molecule has 1 aromatic rings.